The van der Waals surface area contributed by atoms with Crippen LogP contribution >= 0.6 is 11.6 Å². The Morgan fingerprint density at radius 3 is 2.45 bits per heavy atom. The van der Waals surface area contributed by atoms with Crippen LogP contribution < -0.4 is 19.6 Å². The summed E-state index contributed by atoms with van der Waals surface area (Å²) >= 11 is 6.33. The van der Waals surface area contributed by atoms with Crippen molar-refractivity contribution in [2.45, 2.75) is 40.2 Å². The number of halogens is 1. The van der Waals surface area contributed by atoms with Gasteiger partial charge in [-0.15, -0.1) is 0 Å². The van der Waals surface area contributed by atoms with Crippen molar-refractivity contribution in [3.05, 3.63) is 52.5 Å². The molecule has 0 aromatic heterocycles. The highest BCUT2D eigenvalue weighted by atomic mass is 35.5. The molecule has 0 spiro atoms. The molecule has 156 valence electrons. The molecule has 2 aromatic rings. The Kier molecular flexibility index (Phi) is 8.80. The largest absolute Gasteiger partial charge is 0.494 e. The summed E-state index contributed by atoms with van der Waals surface area (Å²) in [4.78, 5) is 12.1. The number of hydrogen-bond acceptors (Lipinski definition) is 5. The van der Waals surface area contributed by atoms with Gasteiger partial charge in [-0.2, -0.15) is 5.10 Å². The lowest BCUT2D eigenvalue weighted by Gasteiger charge is -2.16. The molecule has 6 nitrogen and oxygen atoms in total. The Morgan fingerprint density at radius 1 is 1.14 bits per heavy atom. The lowest BCUT2D eigenvalue weighted by atomic mass is 10.1. The molecule has 0 fully saturated rings. The van der Waals surface area contributed by atoms with Gasteiger partial charge in [0.2, 0.25) is 5.91 Å². The van der Waals surface area contributed by atoms with E-state index in [2.05, 4.69) is 10.5 Å². The Labute approximate surface area is 176 Å². The molecular weight excluding hydrogens is 392 g/mol. The van der Waals surface area contributed by atoms with Gasteiger partial charge < -0.3 is 14.2 Å². The molecule has 0 unspecified atom stereocenters. The van der Waals surface area contributed by atoms with Gasteiger partial charge in [-0.3, -0.25) is 4.79 Å². The van der Waals surface area contributed by atoms with E-state index < -0.39 is 0 Å². The molecule has 2 rings (SSSR count). The van der Waals surface area contributed by atoms with Crippen molar-refractivity contribution in [3.63, 3.8) is 0 Å². The molecule has 0 heterocycles. The minimum atomic E-state index is -0.221. The van der Waals surface area contributed by atoms with Crippen molar-refractivity contribution in [1.29, 1.82) is 0 Å². The molecule has 0 saturated heterocycles. The maximum Gasteiger partial charge on any atom is 0.244 e. The summed E-state index contributed by atoms with van der Waals surface area (Å²) in [6.07, 6.45) is 1.70. The molecule has 2 aromatic carbocycles. The molecule has 0 atom stereocenters. The van der Waals surface area contributed by atoms with Crippen LogP contribution in [0, 0.1) is 0 Å². The summed E-state index contributed by atoms with van der Waals surface area (Å²) in [7, 11) is 0. The summed E-state index contributed by atoms with van der Waals surface area (Å²) in [6.45, 7) is 8.73. The van der Waals surface area contributed by atoms with Gasteiger partial charge in [0.05, 0.1) is 37.0 Å². The minimum absolute atomic E-state index is 0.0342. The zero-order valence-corrected chi connectivity index (χ0v) is 18.0. The Morgan fingerprint density at radius 2 is 1.83 bits per heavy atom. The number of nitrogens with zero attached hydrogens (tertiary/aromatic N) is 1. The van der Waals surface area contributed by atoms with Gasteiger partial charge in [0.25, 0.3) is 0 Å². The number of nitrogens with one attached hydrogen (secondary N) is 1. The number of hydrazone groups is 1. The second-order valence-corrected chi connectivity index (χ2v) is 6.88. The second-order valence-electron chi connectivity index (χ2n) is 6.48. The van der Waals surface area contributed by atoms with E-state index in [0.29, 0.717) is 35.3 Å². The van der Waals surface area contributed by atoms with Crippen molar-refractivity contribution >= 4 is 23.7 Å². The molecule has 0 aliphatic carbocycles. The number of carbonyl (C=O) groups is 1. The summed E-state index contributed by atoms with van der Waals surface area (Å²) in [5, 5.41) is 4.44. The first-order valence-corrected chi connectivity index (χ1v) is 9.97. The molecule has 0 radical (unpaired) electrons. The first-order chi connectivity index (χ1) is 13.9. The van der Waals surface area contributed by atoms with E-state index in [1.807, 2.05) is 52.0 Å². The van der Waals surface area contributed by atoms with E-state index in [4.69, 9.17) is 25.8 Å². The molecule has 0 aliphatic rings. The quantitative estimate of drug-likeness (QED) is 0.451. The highest BCUT2D eigenvalue weighted by Crippen LogP contribution is 2.37. The van der Waals surface area contributed by atoms with Gasteiger partial charge in [-0.25, -0.2) is 5.43 Å². The van der Waals surface area contributed by atoms with Gasteiger partial charge in [0.15, 0.2) is 11.5 Å². The van der Waals surface area contributed by atoms with Crippen LogP contribution in [0.3, 0.4) is 0 Å². The monoisotopic (exact) mass is 418 g/mol. The maximum atomic E-state index is 12.1. The Balaban J connectivity index is 2.00. The normalized spacial score (nSPS) is 11.0. The van der Waals surface area contributed by atoms with Crippen LogP contribution in [0.15, 0.2) is 41.5 Å². The predicted octanol–water partition coefficient (Wildman–Crippen LogP) is 4.62. The zero-order chi connectivity index (χ0) is 21.2. The van der Waals surface area contributed by atoms with Crippen LogP contribution in [0.2, 0.25) is 5.02 Å². The lowest BCUT2D eigenvalue weighted by Crippen LogP contribution is -2.19. The summed E-state index contributed by atoms with van der Waals surface area (Å²) in [5.74, 6) is 1.60. The number of benzene rings is 2. The third-order valence-corrected chi connectivity index (χ3v) is 3.97. The molecule has 7 heteroatoms. The first kappa shape index (κ1) is 22.6. The van der Waals surface area contributed by atoms with Gasteiger partial charge in [-0.1, -0.05) is 23.7 Å². The highest BCUT2D eigenvalue weighted by Gasteiger charge is 2.13. The van der Waals surface area contributed by atoms with E-state index in [1.165, 1.54) is 6.21 Å². The van der Waals surface area contributed by atoms with Crippen LogP contribution in [0.5, 0.6) is 17.2 Å². The van der Waals surface area contributed by atoms with E-state index >= 15 is 0 Å². The van der Waals surface area contributed by atoms with E-state index in [0.717, 1.165) is 11.3 Å². The first-order valence-electron chi connectivity index (χ1n) is 9.59. The van der Waals surface area contributed by atoms with Crippen LogP contribution in [0.25, 0.3) is 0 Å². The molecular formula is C22H27ClN2O4. The van der Waals surface area contributed by atoms with Gasteiger partial charge in [0, 0.05) is 0 Å². The fourth-order valence-corrected chi connectivity index (χ4v) is 2.81. The standard InChI is InChI=1S/C22H27ClN2O4/c1-5-27-18-9-7-16(8-10-18)13-21(26)25-24-14-17-11-19(23)22(29-15(3)4)20(12-17)28-6-2/h7-12,14-15H,5-6,13H2,1-4H3,(H,25,26)/b24-14-. The number of rotatable bonds is 10. The van der Waals surface area contributed by atoms with E-state index in [1.54, 1.807) is 12.1 Å². The molecule has 1 N–H and O–H groups in total. The fraction of sp³-hybridized carbons (Fsp3) is 0.364. The van der Waals surface area contributed by atoms with Crippen molar-refractivity contribution in [2.75, 3.05) is 13.2 Å². The van der Waals surface area contributed by atoms with Gasteiger partial charge >= 0.3 is 0 Å². The summed E-state index contributed by atoms with van der Waals surface area (Å²) in [6, 6.07) is 10.9. The van der Waals surface area contributed by atoms with Crippen LogP contribution in [0.1, 0.15) is 38.8 Å². The smallest absolute Gasteiger partial charge is 0.244 e. The van der Waals surface area contributed by atoms with Crippen molar-refractivity contribution < 1.29 is 19.0 Å². The van der Waals surface area contributed by atoms with Gasteiger partial charge in [0.1, 0.15) is 5.75 Å². The zero-order valence-electron chi connectivity index (χ0n) is 17.2. The average Bonchev–Trinajstić information content (AvgIpc) is 2.66. The second kappa shape index (κ2) is 11.3. The molecule has 0 bridgehead atoms. The predicted molar refractivity (Wildman–Crippen MR) is 115 cm³/mol. The minimum Gasteiger partial charge on any atom is -0.494 e. The van der Waals surface area contributed by atoms with Crippen LogP contribution in [0.4, 0.5) is 0 Å². The number of ether oxygens (including phenoxy) is 3. The molecule has 0 saturated carbocycles. The average molecular weight is 419 g/mol. The van der Waals surface area contributed by atoms with Crippen molar-refractivity contribution in [3.8, 4) is 17.2 Å². The van der Waals surface area contributed by atoms with Crippen molar-refractivity contribution in [1.82, 2.24) is 5.43 Å². The SMILES string of the molecule is CCOc1ccc(CC(=O)N/N=C\c2cc(Cl)c(OC(C)C)c(OCC)c2)cc1. The Bertz CT molecular complexity index is 835. The highest BCUT2D eigenvalue weighted by molar-refractivity contribution is 6.32. The summed E-state index contributed by atoms with van der Waals surface area (Å²) in [5.41, 5.74) is 4.09. The molecule has 0 aliphatic heterocycles. The third-order valence-electron chi connectivity index (χ3n) is 3.69. The maximum absolute atomic E-state index is 12.1. The molecule has 1 amide bonds. The van der Waals surface area contributed by atoms with E-state index in [-0.39, 0.29) is 18.4 Å². The van der Waals surface area contributed by atoms with Crippen molar-refractivity contribution in [2.24, 2.45) is 5.10 Å². The number of carbonyl (C=O) groups excluding carboxylic acids is 1. The van der Waals surface area contributed by atoms with Gasteiger partial charge in [-0.05, 0) is 63.1 Å². The van der Waals surface area contributed by atoms with E-state index in [9.17, 15) is 4.79 Å². The summed E-state index contributed by atoms with van der Waals surface area (Å²) < 4.78 is 16.8. The number of hydrogen-bond donors (Lipinski definition) is 1. The third kappa shape index (κ3) is 7.31. The number of amides is 1. The van der Waals surface area contributed by atoms with Crippen LogP contribution in [-0.2, 0) is 11.2 Å². The molecule has 29 heavy (non-hydrogen) atoms. The topological polar surface area (TPSA) is 69.2 Å². The Hall–Kier alpha value is -2.73. The van der Waals surface area contributed by atoms with Crippen LogP contribution in [-0.4, -0.2) is 31.4 Å². The lowest BCUT2D eigenvalue weighted by molar-refractivity contribution is -0.120. The fourth-order valence-electron chi connectivity index (χ4n) is 2.55.